The number of nitrogens with zero attached hydrogens (tertiary/aromatic N) is 1. The standard InChI is InChI=1S/C7H3ClF5NO2S/c8-17(15,16)5-3(6(9)10)1-14-2-4(5)7(11,12)13/h1-2,6H. The van der Waals surface area contributed by atoms with Crippen molar-refractivity contribution in [3.63, 3.8) is 0 Å². The Bertz CT molecular complexity index is 528. The van der Waals surface area contributed by atoms with E-state index in [1.165, 1.54) is 0 Å². The van der Waals surface area contributed by atoms with E-state index < -0.39 is 37.7 Å². The Morgan fingerprint density at radius 3 is 2.12 bits per heavy atom. The summed E-state index contributed by atoms with van der Waals surface area (Å²) in [6, 6.07) is 0. The Morgan fingerprint density at radius 2 is 1.76 bits per heavy atom. The van der Waals surface area contributed by atoms with Gasteiger partial charge in [0.15, 0.2) is 0 Å². The van der Waals surface area contributed by atoms with Crippen molar-refractivity contribution < 1.29 is 30.4 Å². The summed E-state index contributed by atoms with van der Waals surface area (Å²) in [6.45, 7) is 0. The van der Waals surface area contributed by atoms with Crippen LogP contribution < -0.4 is 0 Å². The first-order valence-corrected chi connectivity index (χ1v) is 6.14. The molecule has 1 aromatic rings. The normalized spacial score (nSPS) is 13.1. The molecule has 0 saturated heterocycles. The second-order valence-electron chi connectivity index (χ2n) is 2.84. The van der Waals surface area contributed by atoms with E-state index in [1.54, 1.807) is 0 Å². The summed E-state index contributed by atoms with van der Waals surface area (Å²) in [5.74, 6) is 0. The third-order valence-electron chi connectivity index (χ3n) is 1.71. The Hall–Kier alpha value is -0.960. The number of halogens is 6. The number of aromatic nitrogens is 1. The minimum Gasteiger partial charge on any atom is -0.264 e. The molecule has 10 heteroatoms. The van der Waals surface area contributed by atoms with Crippen LogP contribution in [0.5, 0.6) is 0 Å². The smallest absolute Gasteiger partial charge is 0.264 e. The second-order valence-corrected chi connectivity index (χ2v) is 5.34. The molecule has 1 rings (SSSR count). The molecule has 0 atom stereocenters. The zero-order valence-electron chi connectivity index (χ0n) is 7.67. The highest BCUT2D eigenvalue weighted by atomic mass is 35.7. The molecule has 0 bridgehead atoms. The largest absolute Gasteiger partial charge is 0.419 e. The highest BCUT2D eigenvalue weighted by molar-refractivity contribution is 8.13. The highest BCUT2D eigenvalue weighted by Gasteiger charge is 2.40. The van der Waals surface area contributed by atoms with E-state index >= 15 is 0 Å². The summed E-state index contributed by atoms with van der Waals surface area (Å²) in [7, 11) is -0.230. The molecule has 96 valence electrons. The van der Waals surface area contributed by atoms with Crippen LogP contribution in [0.15, 0.2) is 17.3 Å². The van der Waals surface area contributed by atoms with Gasteiger partial charge < -0.3 is 0 Å². The van der Waals surface area contributed by atoms with E-state index in [9.17, 15) is 30.4 Å². The molecule has 0 unspecified atom stereocenters. The molecule has 0 aliphatic carbocycles. The molecule has 0 saturated carbocycles. The van der Waals surface area contributed by atoms with Crippen LogP contribution in [0.4, 0.5) is 22.0 Å². The molecule has 0 N–H and O–H groups in total. The van der Waals surface area contributed by atoms with E-state index in [0.717, 1.165) is 0 Å². The van der Waals surface area contributed by atoms with Crippen molar-refractivity contribution in [2.45, 2.75) is 17.5 Å². The van der Waals surface area contributed by atoms with Crippen LogP contribution in [0.1, 0.15) is 17.6 Å². The van der Waals surface area contributed by atoms with Crippen molar-refractivity contribution in [1.82, 2.24) is 4.98 Å². The van der Waals surface area contributed by atoms with Crippen molar-refractivity contribution in [1.29, 1.82) is 0 Å². The fourth-order valence-electron chi connectivity index (χ4n) is 1.09. The van der Waals surface area contributed by atoms with E-state index in [-0.39, 0.29) is 6.20 Å². The maximum Gasteiger partial charge on any atom is 0.419 e. The van der Waals surface area contributed by atoms with E-state index in [0.29, 0.717) is 6.20 Å². The van der Waals surface area contributed by atoms with Crippen molar-refractivity contribution in [2.75, 3.05) is 0 Å². The summed E-state index contributed by atoms with van der Waals surface area (Å²) < 4.78 is 83.9. The van der Waals surface area contributed by atoms with Crippen LogP contribution in [0, 0.1) is 0 Å². The average Bonchev–Trinajstić information content (AvgIpc) is 2.13. The summed E-state index contributed by atoms with van der Waals surface area (Å²) in [5.41, 5.74) is -3.19. The molecule has 0 fully saturated rings. The molecule has 1 aromatic heterocycles. The van der Waals surface area contributed by atoms with Gasteiger partial charge in [0.1, 0.15) is 4.90 Å². The predicted octanol–water partition coefficient (Wildman–Crippen LogP) is 2.97. The van der Waals surface area contributed by atoms with Gasteiger partial charge in [0.2, 0.25) is 0 Å². The third-order valence-corrected chi connectivity index (χ3v) is 3.11. The molecule has 0 aliphatic heterocycles. The summed E-state index contributed by atoms with van der Waals surface area (Å²) in [6.07, 6.45) is -8.13. The van der Waals surface area contributed by atoms with Crippen LogP contribution >= 0.6 is 10.7 Å². The number of pyridine rings is 1. The van der Waals surface area contributed by atoms with Gasteiger partial charge in [-0.05, 0) is 0 Å². The SMILES string of the molecule is O=S(=O)(Cl)c1c(C(F)F)cncc1C(F)(F)F. The van der Waals surface area contributed by atoms with Crippen molar-refractivity contribution in [3.05, 3.63) is 23.5 Å². The van der Waals surface area contributed by atoms with Gasteiger partial charge in [-0.2, -0.15) is 13.2 Å². The van der Waals surface area contributed by atoms with E-state index in [2.05, 4.69) is 4.98 Å². The van der Waals surface area contributed by atoms with Crippen LogP contribution in [-0.4, -0.2) is 13.4 Å². The number of hydrogen-bond acceptors (Lipinski definition) is 3. The lowest BCUT2D eigenvalue weighted by Gasteiger charge is -2.13. The number of alkyl halides is 5. The summed E-state index contributed by atoms with van der Waals surface area (Å²) in [4.78, 5) is 1.27. The predicted molar refractivity (Wildman–Crippen MR) is 47.2 cm³/mol. The van der Waals surface area contributed by atoms with Gasteiger partial charge in [-0.15, -0.1) is 0 Å². The second kappa shape index (κ2) is 4.37. The lowest BCUT2D eigenvalue weighted by molar-refractivity contribution is -0.140. The van der Waals surface area contributed by atoms with Crippen LogP contribution in [0.2, 0.25) is 0 Å². The van der Waals surface area contributed by atoms with Gasteiger partial charge in [0, 0.05) is 23.1 Å². The highest BCUT2D eigenvalue weighted by Crippen LogP contribution is 2.39. The number of hydrogen-bond donors (Lipinski definition) is 0. The fourth-order valence-corrected chi connectivity index (χ4v) is 2.47. The van der Waals surface area contributed by atoms with Gasteiger partial charge in [-0.3, -0.25) is 4.98 Å². The molecule has 0 radical (unpaired) electrons. The quantitative estimate of drug-likeness (QED) is 0.622. The minimum absolute atomic E-state index is 0.126. The molecule has 3 nitrogen and oxygen atoms in total. The molecular weight excluding hydrogens is 293 g/mol. The van der Waals surface area contributed by atoms with Crippen molar-refractivity contribution in [3.8, 4) is 0 Å². The Kier molecular flexibility index (Phi) is 3.63. The molecule has 0 aromatic carbocycles. The zero-order valence-corrected chi connectivity index (χ0v) is 9.24. The Labute approximate surface area is 96.6 Å². The molecular formula is C7H3ClF5NO2S. The lowest BCUT2D eigenvalue weighted by atomic mass is 10.2. The van der Waals surface area contributed by atoms with Crippen molar-refractivity contribution >= 4 is 19.7 Å². The number of rotatable bonds is 2. The lowest BCUT2D eigenvalue weighted by Crippen LogP contribution is -2.14. The maximum absolute atomic E-state index is 12.4. The first-order chi connectivity index (χ1) is 7.55. The van der Waals surface area contributed by atoms with Gasteiger partial charge in [-0.1, -0.05) is 0 Å². The van der Waals surface area contributed by atoms with Gasteiger partial charge in [0.25, 0.3) is 15.5 Å². The third kappa shape index (κ3) is 3.03. The maximum atomic E-state index is 12.4. The minimum atomic E-state index is -5.14. The van der Waals surface area contributed by atoms with E-state index in [4.69, 9.17) is 10.7 Å². The molecule has 0 aliphatic rings. The van der Waals surface area contributed by atoms with Crippen LogP contribution in [0.25, 0.3) is 0 Å². The van der Waals surface area contributed by atoms with Gasteiger partial charge in [-0.25, -0.2) is 17.2 Å². The van der Waals surface area contributed by atoms with Crippen LogP contribution in [0.3, 0.4) is 0 Å². The molecule has 17 heavy (non-hydrogen) atoms. The Balaban J connectivity index is 3.70. The molecule has 0 spiro atoms. The van der Waals surface area contributed by atoms with Gasteiger partial charge >= 0.3 is 6.18 Å². The van der Waals surface area contributed by atoms with Crippen LogP contribution in [-0.2, 0) is 15.2 Å². The topological polar surface area (TPSA) is 47.0 Å². The molecule has 1 heterocycles. The molecule has 0 amide bonds. The zero-order chi connectivity index (χ0) is 13.4. The Morgan fingerprint density at radius 1 is 1.24 bits per heavy atom. The van der Waals surface area contributed by atoms with E-state index in [1.807, 2.05) is 0 Å². The first kappa shape index (κ1) is 14.1. The first-order valence-electron chi connectivity index (χ1n) is 3.83. The summed E-state index contributed by atoms with van der Waals surface area (Å²) >= 11 is 0. The summed E-state index contributed by atoms with van der Waals surface area (Å²) in [5, 5.41) is 0. The van der Waals surface area contributed by atoms with Crippen molar-refractivity contribution in [2.24, 2.45) is 0 Å². The van der Waals surface area contributed by atoms with Gasteiger partial charge in [0.05, 0.1) is 11.1 Å². The average molecular weight is 296 g/mol. The monoisotopic (exact) mass is 295 g/mol. The fraction of sp³-hybridized carbons (Fsp3) is 0.286.